The monoisotopic (exact) mass is 512 g/mol. The van der Waals surface area contributed by atoms with Gasteiger partial charge in [0.25, 0.3) is 5.69 Å². The molecule has 1 saturated heterocycles. The molecule has 4 rings (SSSR count). The van der Waals surface area contributed by atoms with E-state index in [1.165, 1.54) is 30.6 Å². The van der Waals surface area contributed by atoms with E-state index in [9.17, 15) is 25.0 Å². The molecule has 186 valence electrons. The standard InChI is InChI=1S/C22H21ClN8O5/c23-16-2-1-3-18(13-16)28-8-10-29(11-9-28)22-20(31(35)36)21(24-14-25-22)27-26-19(32)12-15-4-6-17(7-5-15)30(33)34/h1-7,13-14H,8-12H2,(H,26,32)(H,24,25,27). The maximum atomic E-state index is 12.3. The topological polar surface area (TPSA) is 160 Å². The number of nitrogens with one attached hydrogen (secondary N) is 2. The first-order chi connectivity index (χ1) is 17.3. The van der Waals surface area contributed by atoms with Crippen LogP contribution in [0.2, 0.25) is 5.02 Å². The predicted molar refractivity (Wildman–Crippen MR) is 133 cm³/mol. The molecule has 0 unspecified atom stereocenters. The predicted octanol–water partition coefficient (Wildman–Crippen LogP) is 2.96. The van der Waals surface area contributed by atoms with Crippen molar-refractivity contribution in [1.82, 2.24) is 15.4 Å². The number of halogens is 1. The van der Waals surface area contributed by atoms with Crippen molar-refractivity contribution >= 4 is 46.2 Å². The number of aromatic nitrogens is 2. The summed E-state index contributed by atoms with van der Waals surface area (Å²) in [5, 5.41) is 23.3. The summed E-state index contributed by atoms with van der Waals surface area (Å²) in [5.74, 6) is -0.513. The molecule has 3 aromatic rings. The van der Waals surface area contributed by atoms with Crippen molar-refractivity contribution in [2.75, 3.05) is 41.4 Å². The molecule has 0 atom stereocenters. The Kier molecular flexibility index (Phi) is 7.39. The molecular formula is C22H21ClN8O5. The van der Waals surface area contributed by atoms with Crippen molar-refractivity contribution in [3.63, 3.8) is 0 Å². The van der Waals surface area contributed by atoms with Crippen LogP contribution in [-0.4, -0.2) is 51.9 Å². The van der Waals surface area contributed by atoms with E-state index >= 15 is 0 Å². The number of hydrogen-bond donors (Lipinski definition) is 2. The van der Waals surface area contributed by atoms with Gasteiger partial charge in [-0.1, -0.05) is 29.8 Å². The molecule has 2 heterocycles. The van der Waals surface area contributed by atoms with Crippen molar-refractivity contribution in [3.8, 4) is 0 Å². The number of rotatable bonds is 8. The van der Waals surface area contributed by atoms with Crippen molar-refractivity contribution in [2.45, 2.75) is 6.42 Å². The molecule has 1 amide bonds. The van der Waals surface area contributed by atoms with Crippen molar-refractivity contribution in [1.29, 1.82) is 0 Å². The normalized spacial score (nSPS) is 13.2. The number of anilines is 3. The quantitative estimate of drug-likeness (QED) is 0.339. The number of amides is 1. The van der Waals surface area contributed by atoms with E-state index in [2.05, 4.69) is 25.7 Å². The lowest BCUT2D eigenvalue weighted by Crippen LogP contribution is -2.47. The highest BCUT2D eigenvalue weighted by Gasteiger charge is 2.29. The summed E-state index contributed by atoms with van der Waals surface area (Å²) < 4.78 is 0. The Bertz CT molecular complexity index is 1280. The molecule has 0 radical (unpaired) electrons. The van der Waals surface area contributed by atoms with Gasteiger partial charge in [-0.2, -0.15) is 0 Å². The lowest BCUT2D eigenvalue weighted by Gasteiger charge is -2.36. The van der Waals surface area contributed by atoms with Crippen molar-refractivity contribution in [2.24, 2.45) is 0 Å². The second-order valence-electron chi connectivity index (χ2n) is 7.88. The molecular weight excluding hydrogens is 492 g/mol. The van der Waals surface area contributed by atoms with E-state index in [0.717, 1.165) is 5.69 Å². The first kappa shape index (κ1) is 24.6. The van der Waals surface area contributed by atoms with E-state index < -0.39 is 15.8 Å². The molecule has 2 N–H and O–H groups in total. The fourth-order valence-electron chi connectivity index (χ4n) is 3.80. The van der Waals surface area contributed by atoms with Crippen LogP contribution >= 0.6 is 11.6 Å². The van der Waals surface area contributed by atoms with Gasteiger partial charge in [0.1, 0.15) is 6.33 Å². The average Bonchev–Trinajstić information content (AvgIpc) is 2.87. The second kappa shape index (κ2) is 10.8. The molecule has 0 saturated carbocycles. The highest BCUT2D eigenvalue weighted by molar-refractivity contribution is 6.30. The molecule has 36 heavy (non-hydrogen) atoms. The molecule has 1 aliphatic heterocycles. The van der Waals surface area contributed by atoms with E-state index in [1.807, 2.05) is 18.2 Å². The molecule has 0 aliphatic carbocycles. The highest BCUT2D eigenvalue weighted by Crippen LogP contribution is 2.32. The maximum Gasteiger partial charge on any atom is 0.355 e. The zero-order valence-electron chi connectivity index (χ0n) is 18.8. The third-order valence-electron chi connectivity index (χ3n) is 5.57. The third-order valence-corrected chi connectivity index (χ3v) is 5.81. The SMILES string of the molecule is O=C(Cc1ccc([N+](=O)[O-])cc1)NNc1ncnc(N2CCN(c3cccc(Cl)c3)CC2)c1[N+](=O)[O-]. The average molecular weight is 513 g/mol. The zero-order valence-corrected chi connectivity index (χ0v) is 19.6. The molecule has 1 aliphatic rings. The number of benzene rings is 2. The fraction of sp³-hybridized carbons (Fsp3) is 0.227. The van der Waals surface area contributed by atoms with E-state index in [0.29, 0.717) is 36.8 Å². The Morgan fingerprint density at radius 3 is 2.31 bits per heavy atom. The minimum atomic E-state index is -0.594. The van der Waals surface area contributed by atoms with Gasteiger partial charge in [-0.25, -0.2) is 9.97 Å². The van der Waals surface area contributed by atoms with Gasteiger partial charge < -0.3 is 9.80 Å². The number of piperazine rings is 1. The summed E-state index contributed by atoms with van der Waals surface area (Å²) in [6, 6.07) is 13.0. The number of carbonyl (C=O) groups excluding carboxylic acids is 1. The van der Waals surface area contributed by atoms with Gasteiger partial charge in [0, 0.05) is 49.0 Å². The lowest BCUT2D eigenvalue weighted by molar-refractivity contribution is -0.384. The van der Waals surface area contributed by atoms with Crippen LogP contribution < -0.4 is 20.7 Å². The van der Waals surface area contributed by atoms with Gasteiger partial charge >= 0.3 is 5.69 Å². The number of nitro groups is 2. The molecule has 13 nitrogen and oxygen atoms in total. The van der Waals surface area contributed by atoms with Gasteiger partial charge in [0.05, 0.1) is 16.3 Å². The summed E-state index contributed by atoms with van der Waals surface area (Å²) in [4.78, 5) is 45.8. The number of nitro benzene ring substituents is 1. The summed E-state index contributed by atoms with van der Waals surface area (Å²) >= 11 is 6.09. The van der Waals surface area contributed by atoms with Crippen LogP contribution in [0.3, 0.4) is 0 Å². The number of nitrogens with zero attached hydrogens (tertiary/aromatic N) is 6. The summed E-state index contributed by atoms with van der Waals surface area (Å²) in [5.41, 5.74) is 5.96. The van der Waals surface area contributed by atoms with Crippen molar-refractivity contribution < 1.29 is 14.6 Å². The van der Waals surface area contributed by atoms with Crippen LogP contribution in [0.15, 0.2) is 54.9 Å². The Morgan fingerprint density at radius 2 is 1.67 bits per heavy atom. The van der Waals surface area contributed by atoms with Gasteiger partial charge in [-0.05, 0) is 23.8 Å². The largest absolute Gasteiger partial charge is 0.368 e. The minimum Gasteiger partial charge on any atom is -0.368 e. The van der Waals surface area contributed by atoms with Gasteiger partial charge in [-0.15, -0.1) is 0 Å². The lowest BCUT2D eigenvalue weighted by atomic mass is 10.1. The molecule has 2 aromatic carbocycles. The Hall–Kier alpha value is -4.52. The van der Waals surface area contributed by atoms with Gasteiger partial charge in [0.15, 0.2) is 0 Å². The number of hydrogen-bond acceptors (Lipinski definition) is 10. The van der Waals surface area contributed by atoms with Gasteiger partial charge in [0.2, 0.25) is 17.5 Å². The number of carbonyl (C=O) groups is 1. The number of non-ortho nitro benzene ring substituents is 1. The second-order valence-corrected chi connectivity index (χ2v) is 8.32. The smallest absolute Gasteiger partial charge is 0.355 e. The minimum absolute atomic E-state index is 0.0881. The Morgan fingerprint density at radius 1 is 0.972 bits per heavy atom. The van der Waals surface area contributed by atoms with E-state index in [1.54, 1.807) is 11.0 Å². The summed E-state index contributed by atoms with van der Waals surface area (Å²) in [6.07, 6.45) is 1.10. The van der Waals surface area contributed by atoms with Crippen LogP contribution in [0.1, 0.15) is 5.56 Å². The molecule has 14 heteroatoms. The van der Waals surface area contributed by atoms with Gasteiger partial charge in [-0.3, -0.25) is 35.9 Å². The van der Waals surface area contributed by atoms with E-state index in [-0.39, 0.29) is 29.4 Å². The van der Waals surface area contributed by atoms with Crippen LogP contribution in [0.25, 0.3) is 0 Å². The maximum absolute atomic E-state index is 12.3. The Labute approximate surface area is 210 Å². The van der Waals surface area contributed by atoms with Crippen LogP contribution in [0, 0.1) is 20.2 Å². The molecule has 1 aromatic heterocycles. The van der Waals surface area contributed by atoms with Crippen LogP contribution in [0.5, 0.6) is 0 Å². The van der Waals surface area contributed by atoms with E-state index in [4.69, 9.17) is 11.6 Å². The summed E-state index contributed by atoms with van der Waals surface area (Å²) in [6.45, 7) is 2.18. The molecule has 1 fully saturated rings. The number of hydrazine groups is 1. The first-order valence-electron chi connectivity index (χ1n) is 10.8. The van der Waals surface area contributed by atoms with Crippen LogP contribution in [-0.2, 0) is 11.2 Å². The molecule has 0 bridgehead atoms. The zero-order chi connectivity index (χ0) is 25.7. The third kappa shape index (κ3) is 5.75. The highest BCUT2D eigenvalue weighted by atomic mass is 35.5. The van der Waals surface area contributed by atoms with Crippen molar-refractivity contribution in [3.05, 3.63) is 85.7 Å². The fourth-order valence-corrected chi connectivity index (χ4v) is 3.99. The molecule has 0 spiro atoms. The van der Waals surface area contributed by atoms with Crippen LogP contribution in [0.4, 0.5) is 28.7 Å². The Balaban J connectivity index is 1.41. The summed E-state index contributed by atoms with van der Waals surface area (Å²) in [7, 11) is 0. The first-order valence-corrected chi connectivity index (χ1v) is 11.2.